The van der Waals surface area contributed by atoms with Gasteiger partial charge in [-0.2, -0.15) is 10.2 Å². The van der Waals surface area contributed by atoms with Crippen LogP contribution in [0.15, 0.2) is 59.2 Å². The molecule has 0 atom stereocenters. The van der Waals surface area contributed by atoms with Crippen LogP contribution in [-0.4, -0.2) is 37.0 Å². The Hall–Kier alpha value is -3.46. The van der Waals surface area contributed by atoms with Crippen LogP contribution in [0.25, 0.3) is 17.1 Å². The molecule has 1 aromatic carbocycles. The Labute approximate surface area is 172 Å². The molecule has 148 valence electrons. The maximum absolute atomic E-state index is 12.9. The van der Waals surface area contributed by atoms with Crippen LogP contribution in [0.1, 0.15) is 23.2 Å². The standard InChI is InChI=1S/C20H20N6O2S/c1-2-25-18(22-23-20(25)29)10-11-21-19(27)16-13-15(17-9-6-12-28-17)24-26(16)14-7-4-3-5-8-14/h3-9,12-13H,2,10-11H2,1H3,(H,21,27)(H,23,29). The number of nitrogens with one attached hydrogen (secondary N) is 2. The average molecular weight is 408 g/mol. The van der Waals surface area contributed by atoms with Crippen molar-refractivity contribution in [2.75, 3.05) is 6.54 Å². The molecule has 9 heteroatoms. The number of aromatic amines is 1. The molecule has 3 heterocycles. The third-order valence-corrected chi connectivity index (χ3v) is 4.82. The van der Waals surface area contributed by atoms with Gasteiger partial charge in [-0.05, 0) is 43.4 Å². The van der Waals surface area contributed by atoms with Crippen molar-refractivity contribution in [3.05, 3.63) is 71.1 Å². The van der Waals surface area contributed by atoms with Crippen molar-refractivity contribution in [3.63, 3.8) is 0 Å². The summed E-state index contributed by atoms with van der Waals surface area (Å²) in [4.78, 5) is 12.9. The first kappa shape index (κ1) is 18.9. The molecule has 0 unspecified atom stereocenters. The highest BCUT2D eigenvalue weighted by Gasteiger charge is 2.18. The Kier molecular flexibility index (Phi) is 5.39. The molecule has 8 nitrogen and oxygen atoms in total. The van der Waals surface area contributed by atoms with E-state index in [2.05, 4.69) is 20.6 Å². The number of hydrogen-bond acceptors (Lipinski definition) is 5. The number of carbonyl (C=O) groups is 1. The van der Waals surface area contributed by atoms with Gasteiger partial charge in [-0.3, -0.25) is 9.89 Å². The van der Waals surface area contributed by atoms with E-state index in [-0.39, 0.29) is 5.91 Å². The summed E-state index contributed by atoms with van der Waals surface area (Å²) in [5.74, 6) is 1.19. The zero-order valence-corrected chi connectivity index (χ0v) is 16.6. The zero-order chi connectivity index (χ0) is 20.2. The first-order valence-electron chi connectivity index (χ1n) is 9.29. The van der Waals surface area contributed by atoms with E-state index in [1.165, 1.54) is 0 Å². The molecule has 0 saturated carbocycles. The van der Waals surface area contributed by atoms with Crippen molar-refractivity contribution in [2.24, 2.45) is 0 Å². The van der Waals surface area contributed by atoms with Gasteiger partial charge in [0.25, 0.3) is 5.91 Å². The quantitative estimate of drug-likeness (QED) is 0.457. The highest BCUT2D eigenvalue weighted by atomic mass is 32.1. The Morgan fingerprint density at radius 3 is 2.79 bits per heavy atom. The third kappa shape index (κ3) is 3.90. The molecule has 0 aliphatic rings. The Morgan fingerprint density at radius 1 is 1.24 bits per heavy atom. The van der Waals surface area contributed by atoms with E-state index in [9.17, 15) is 4.79 Å². The molecule has 0 bridgehead atoms. The molecule has 29 heavy (non-hydrogen) atoms. The van der Waals surface area contributed by atoms with Crippen molar-refractivity contribution < 1.29 is 9.21 Å². The van der Waals surface area contributed by atoms with E-state index in [0.717, 1.165) is 18.1 Å². The fourth-order valence-electron chi connectivity index (χ4n) is 3.10. The molecule has 0 spiro atoms. The van der Waals surface area contributed by atoms with Gasteiger partial charge in [0.15, 0.2) is 10.5 Å². The number of H-pyrrole nitrogens is 1. The fourth-order valence-corrected chi connectivity index (χ4v) is 3.38. The monoisotopic (exact) mass is 408 g/mol. The van der Waals surface area contributed by atoms with Gasteiger partial charge >= 0.3 is 0 Å². The number of hydrogen-bond donors (Lipinski definition) is 2. The van der Waals surface area contributed by atoms with Crippen LogP contribution in [0, 0.1) is 4.77 Å². The predicted molar refractivity (Wildman–Crippen MR) is 110 cm³/mol. The van der Waals surface area contributed by atoms with Gasteiger partial charge in [0.2, 0.25) is 0 Å². The molecule has 2 N–H and O–H groups in total. The topological polar surface area (TPSA) is 93.7 Å². The van der Waals surface area contributed by atoms with Crippen molar-refractivity contribution >= 4 is 18.1 Å². The third-order valence-electron chi connectivity index (χ3n) is 4.50. The summed E-state index contributed by atoms with van der Waals surface area (Å²) >= 11 is 5.20. The van der Waals surface area contributed by atoms with Crippen LogP contribution in [0.5, 0.6) is 0 Å². The van der Waals surface area contributed by atoms with Crippen LogP contribution in [0.2, 0.25) is 0 Å². The van der Waals surface area contributed by atoms with E-state index in [0.29, 0.717) is 34.9 Å². The Balaban J connectivity index is 1.56. The van der Waals surface area contributed by atoms with Gasteiger partial charge in [-0.15, -0.1) is 0 Å². The lowest BCUT2D eigenvalue weighted by atomic mass is 10.2. The van der Waals surface area contributed by atoms with Crippen LogP contribution >= 0.6 is 12.2 Å². The zero-order valence-electron chi connectivity index (χ0n) is 15.8. The van der Waals surface area contributed by atoms with E-state index < -0.39 is 0 Å². The lowest BCUT2D eigenvalue weighted by Gasteiger charge is -2.08. The van der Waals surface area contributed by atoms with Crippen molar-refractivity contribution in [1.82, 2.24) is 29.9 Å². The molecule has 4 rings (SSSR count). The molecule has 4 aromatic rings. The minimum absolute atomic E-state index is 0.226. The highest BCUT2D eigenvalue weighted by molar-refractivity contribution is 7.71. The Bertz CT molecular complexity index is 1160. The molecular formula is C20H20N6O2S. The summed E-state index contributed by atoms with van der Waals surface area (Å²) in [5.41, 5.74) is 1.81. The van der Waals surface area contributed by atoms with E-state index in [1.54, 1.807) is 23.1 Å². The number of para-hydroxylation sites is 1. The fraction of sp³-hybridized carbons (Fsp3) is 0.200. The van der Waals surface area contributed by atoms with E-state index in [1.807, 2.05) is 47.9 Å². The Morgan fingerprint density at radius 2 is 2.07 bits per heavy atom. The van der Waals surface area contributed by atoms with Crippen LogP contribution in [-0.2, 0) is 13.0 Å². The summed E-state index contributed by atoms with van der Waals surface area (Å²) in [7, 11) is 0. The number of nitrogens with zero attached hydrogens (tertiary/aromatic N) is 4. The van der Waals surface area contributed by atoms with Gasteiger partial charge in [0, 0.05) is 25.6 Å². The van der Waals surface area contributed by atoms with Crippen molar-refractivity contribution in [3.8, 4) is 17.1 Å². The molecule has 0 radical (unpaired) electrons. The van der Waals surface area contributed by atoms with Crippen molar-refractivity contribution in [1.29, 1.82) is 0 Å². The molecule has 3 aromatic heterocycles. The predicted octanol–water partition coefficient (Wildman–Crippen LogP) is 3.38. The van der Waals surface area contributed by atoms with Gasteiger partial charge in [0.05, 0.1) is 12.0 Å². The molecule has 0 saturated heterocycles. The van der Waals surface area contributed by atoms with E-state index in [4.69, 9.17) is 16.6 Å². The summed E-state index contributed by atoms with van der Waals surface area (Å²) in [6, 6.07) is 14.8. The number of amides is 1. The minimum atomic E-state index is -0.226. The highest BCUT2D eigenvalue weighted by Crippen LogP contribution is 2.22. The average Bonchev–Trinajstić information content (AvgIpc) is 3.48. The van der Waals surface area contributed by atoms with E-state index >= 15 is 0 Å². The molecular weight excluding hydrogens is 388 g/mol. The van der Waals surface area contributed by atoms with Gasteiger partial charge in [-0.1, -0.05) is 18.2 Å². The van der Waals surface area contributed by atoms with Gasteiger partial charge < -0.3 is 14.3 Å². The summed E-state index contributed by atoms with van der Waals surface area (Å²) in [5, 5.41) is 14.5. The number of benzene rings is 1. The van der Waals surface area contributed by atoms with Crippen LogP contribution < -0.4 is 5.32 Å². The lowest BCUT2D eigenvalue weighted by molar-refractivity contribution is 0.0946. The maximum atomic E-state index is 12.9. The van der Waals surface area contributed by atoms with Gasteiger partial charge in [-0.25, -0.2) is 4.68 Å². The SMILES string of the molecule is CCn1c(CCNC(=O)c2cc(-c3ccco3)nn2-c2ccccc2)n[nH]c1=S. The summed E-state index contributed by atoms with van der Waals surface area (Å²) < 4.78 is 9.55. The second-order valence-corrected chi connectivity index (χ2v) is 6.72. The molecule has 0 aliphatic heterocycles. The molecule has 0 aliphatic carbocycles. The smallest absolute Gasteiger partial charge is 0.270 e. The molecule has 0 fully saturated rings. The number of furan rings is 1. The minimum Gasteiger partial charge on any atom is -0.463 e. The number of carbonyl (C=O) groups excluding carboxylic acids is 1. The van der Waals surface area contributed by atoms with Crippen LogP contribution in [0.3, 0.4) is 0 Å². The van der Waals surface area contributed by atoms with Crippen LogP contribution in [0.4, 0.5) is 0 Å². The number of aromatic nitrogens is 5. The lowest BCUT2D eigenvalue weighted by Crippen LogP contribution is -2.28. The first-order valence-corrected chi connectivity index (χ1v) is 9.70. The largest absolute Gasteiger partial charge is 0.463 e. The number of rotatable bonds is 7. The van der Waals surface area contributed by atoms with Crippen molar-refractivity contribution in [2.45, 2.75) is 19.9 Å². The first-order chi connectivity index (χ1) is 14.2. The summed E-state index contributed by atoms with van der Waals surface area (Å²) in [6.07, 6.45) is 2.15. The summed E-state index contributed by atoms with van der Waals surface area (Å²) in [6.45, 7) is 3.16. The van der Waals surface area contributed by atoms with Gasteiger partial charge in [0.1, 0.15) is 17.2 Å². The second-order valence-electron chi connectivity index (χ2n) is 6.33. The second kappa shape index (κ2) is 8.27. The maximum Gasteiger partial charge on any atom is 0.270 e. The normalized spacial score (nSPS) is 10.9. The molecule has 1 amide bonds.